The predicted molar refractivity (Wildman–Crippen MR) is 97.6 cm³/mol. The highest BCUT2D eigenvalue weighted by Gasteiger charge is 2.54. The van der Waals surface area contributed by atoms with Crippen LogP contribution in [-0.2, 0) is 0 Å². The molecule has 142 valence electrons. The summed E-state index contributed by atoms with van der Waals surface area (Å²) in [5.41, 5.74) is 5.43. The lowest BCUT2D eigenvalue weighted by molar-refractivity contribution is 0.0695. The van der Waals surface area contributed by atoms with E-state index in [1.54, 1.807) is 4.57 Å². The average Bonchev–Trinajstić information content (AvgIpc) is 3.53. The quantitative estimate of drug-likeness (QED) is 0.848. The largest absolute Gasteiger partial charge is 0.477 e. The number of carbonyl (C=O) groups is 1. The number of halogens is 1. The third-order valence-electron chi connectivity index (χ3n) is 6.40. The van der Waals surface area contributed by atoms with Crippen LogP contribution in [0.4, 0.5) is 10.2 Å². The summed E-state index contributed by atoms with van der Waals surface area (Å²) in [5.74, 6) is -1.32. The fourth-order valence-corrected chi connectivity index (χ4v) is 4.49. The molecule has 0 aromatic carbocycles. The standard InChI is InChI=1S/C19H21FN4O3/c20-14-5-12-15(25)13(18(26)27)8-24(11-1-2-11)16(12)22-17(14)23-7-10(6-21)19(9-23)3-4-19/h5,8,10-11H,1-4,6-7,9,21H2,(H,26,27). The summed E-state index contributed by atoms with van der Waals surface area (Å²) in [5, 5.41) is 9.35. The lowest BCUT2D eigenvalue weighted by atomic mass is 9.93. The van der Waals surface area contributed by atoms with Gasteiger partial charge in [-0.05, 0) is 49.6 Å². The average molecular weight is 372 g/mol. The van der Waals surface area contributed by atoms with Crippen molar-refractivity contribution >= 4 is 22.8 Å². The number of carboxylic acids is 1. The molecule has 2 saturated carbocycles. The minimum atomic E-state index is -1.30. The van der Waals surface area contributed by atoms with Gasteiger partial charge in [0, 0.05) is 25.3 Å². The number of aromatic nitrogens is 2. The molecular weight excluding hydrogens is 351 g/mol. The van der Waals surface area contributed by atoms with Gasteiger partial charge in [0.2, 0.25) is 5.43 Å². The highest BCUT2D eigenvalue weighted by atomic mass is 19.1. The van der Waals surface area contributed by atoms with Gasteiger partial charge in [0.1, 0.15) is 11.2 Å². The van der Waals surface area contributed by atoms with E-state index < -0.39 is 17.2 Å². The van der Waals surface area contributed by atoms with E-state index in [4.69, 9.17) is 5.73 Å². The molecule has 0 amide bonds. The van der Waals surface area contributed by atoms with Crippen molar-refractivity contribution in [2.45, 2.75) is 31.7 Å². The number of rotatable bonds is 4. The van der Waals surface area contributed by atoms with E-state index in [-0.39, 0.29) is 28.2 Å². The Bertz CT molecular complexity index is 1030. The van der Waals surface area contributed by atoms with Crippen LogP contribution in [-0.4, -0.2) is 40.3 Å². The Kier molecular flexibility index (Phi) is 3.40. The monoisotopic (exact) mass is 372 g/mol. The van der Waals surface area contributed by atoms with Gasteiger partial charge in [-0.15, -0.1) is 0 Å². The van der Waals surface area contributed by atoms with Crippen molar-refractivity contribution in [3.63, 3.8) is 0 Å². The number of anilines is 1. The molecule has 5 rings (SSSR count). The molecule has 3 aliphatic rings. The Morgan fingerprint density at radius 2 is 2.15 bits per heavy atom. The van der Waals surface area contributed by atoms with E-state index in [1.165, 1.54) is 6.20 Å². The van der Waals surface area contributed by atoms with Gasteiger partial charge in [0.05, 0.1) is 5.39 Å². The topological polar surface area (TPSA) is 101 Å². The first-order valence-electron chi connectivity index (χ1n) is 9.37. The number of hydrogen-bond donors (Lipinski definition) is 2. The number of hydrogen-bond acceptors (Lipinski definition) is 5. The molecule has 1 saturated heterocycles. The smallest absolute Gasteiger partial charge is 0.341 e. The zero-order chi connectivity index (χ0) is 18.9. The van der Waals surface area contributed by atoms with Gasteiger partial charge in [-0.2, -0.15) is 0 Å². The minimum Gasteiger partial charge on any atom is -0.477 e. The van der Waals surface area contributed by atoms with Crippen molar-refractivity contribution in [3.05, 3.63) is 33.9 Å². The zero-order valence-electron chi connectivity index (χ0n) is 14.8. The molecule has 2 aromatic heterocycles. The van der Waals surface area contributed by atoms with Crippen molar-refractivity contribution < 1.29 is 14.3 Å². The summed E-state index contributed by atoms with van der Waals surface area (Å²) < 4.78 is 16.6. The van der Waals surface area contributed by atoms with Crippen LogP contribution >= 0.6 is 0 Å². The van der Waals surface area contributed by atoms with Crippen LogP contribution in [0.2, 0.25) is 0 Å². The summed E-state index contributed by atoms with van der Waals surface area (Å²) in [6, 6.07) is 1.27. The molecule has 1 atom stereocenters. The van der Waals surface area contributed by atoms with Gasteiger partial charge < -0.3 is 20.3 Å². The SMILES string of the molecule is NCC1CN(c2nc3c(cc2F)c(=O)c(C(=O)O)cn3C2CC2)CC12CC2. The van der Waals surface area contributed by atoms with Crippen LogP contribution in [0.1, 0.15) is 42.1 Å². The van der Waals surface area contributed by atoms with Gasteiger partial charge in [-0.3, -0.25) is 4.79 Å². The normalized spacial score (nSPS) is 23.3. The van der Waals surface area contributed by atoms with E-state index in [1.807, 2.05) is 4.90 Å². The maximum Gasteiger partial charge on any atom is 0.341 e. The van der Waals surface area contributed by atoms with E-state index in [0.717, 1.165) is 38.3 Å². The third kappa shape index (κ3) is 2.46. The Morgan fingerprint density at radius 1 is 1.41 bits per heavy atom. The Hall–Kier alpha value is -2.48. The summed E-state index contributed by atoms with van der Waals surface area (Å²) in [6.07, 6.45) is 5.36. The van der Waals surface area contributed by atoms with E-state index in [2.05, 4.69) is 4.98 Å². The highest BCUT2D eigenvalue weighted by molar-refractivity contribution is 5.92. The minimum absolute atomic E-state index is 0.0266. The molecule has 3 N–H and O–H groups in total. The summed E-state index contributed by atoms with van der Waals surface area (Å²) in [6.45, 7) is 1.96. The number of fused-ring (bicyclic) bond motifs is 1. The fourth-order valence-electron chi connectivity index (χ4n) is 4.49. The van der Waals surface area contributed by atoms with Crippen molar-refractivity contribution in [1.82, 2.24) is 9.55 Å². The van der Waals surface area contributed by atoms with Crippen molar-refractivity contribution in [2.24, 2.45) is 17.1 Å². The first kappa shape index (κ1) is 16.7. The molecule has 0 bridgehead atoms. The number of pyridine rings is 2. The van der Waals surface area contributed by atoms with Gasteiger partial charge in [-0.25, -0.2) is 14.2 Å². The molecule has 2 aliphatic carbocycles. The molecular formula is C19H21FN4O3. The van der Waals surface area contributed by atoms with Crippen LogP contribution in [0, 0.1) is 17.2 Å². The van der Waals surface area contributed by atoms with Crippen LogP contribution in [0.15, 0.2) is 17.1 Å². The van der Waals surface area contributed by atoms with Crippen molar-refractivity contribution in [3.8, 4) is 0 Å². The van der Waals surface area contributed by atoms with E-state index in [0.29, 0.717) is 24.7 Å². The lowest BCUT2D eigenvalue weighted by Gasteiger charge is -2.20. The molecule has 1 aliphatic heterocycles. The van der Waals surface area contributed by atoms with Crippen LogP contribution in [0.5, 0.6) is 0 Å². The van der Waals surface area contributed by atoms with Crippen molar-refractivity contribution in [2.75, 3.05) is 24.5 Å². The summed E-state index contributed by atoms with van der Waals surface area (Å²) in [4.78, 5) is 30.4. The summed E-state index contributed by atoms with van der Waals surface area (Å²) >= 11 is 0. The summed E-state index contributed by atoms with van der Waals surface area (Å²) in [7, 11) is 0. The number of nitrogens with zero attached hydrogens (tertiary/aromatic N) is 3. The van der Waals surface area contributed by atoms with E-state index >= 15 is 0 Å². The molecule has 3 heterocycles. The fraction of sp³-hybridized carbons (Fsp3) is 0.526. The molecule has 1 spiro atoms. The first-order chi connectivity index (χ1) is 12.9. The number of nitrogens with two attached hydrogens (primary N) is 1. The Labute approximate surface area is 154 Å². The zero-order valence-corrected chi connectivity index (χ0v) is 14.8. The predicted octanol–water partition coefficient (Wildman–Crippen LogP) is 1.74. The lowest BCUT2D eigenvalue weighted by Crippen LogP contribution is -2.26. The second-order valence-corrected chi connectivity index (χ2v) is 8.16. The molecule has 27 heavy (non-hydrogen) atoms. The van der Waals surface area contributed by atoms with Crippen LogP contribution in [0.25, 0.3) is 11.0 Å². The van der Waals surface area contributed by atoms with Gasteiger partial charge in [-0.1, -0.05) is 0 Å². The van der Waals surface area contributed by atoms with Crippen LogP contribution < -0.4 is 16.1 Å². The molecule has 3 fully saturated rings. The second kappa shape index (κ2) is 5.51. The van der Waals surface area contributed by atoms with Gasteiger partial charge in [0.25, 0.3) is 0 Å². The van der Waals surface area contributed by atoms with Gasteiger partial charge in [0.15, 0.2) is 11.6 Å². The molecule has 1 unspecified atom stereocenters. The molecule has 0 radical (unpaired) electrons. The molecule has 8 heteroatoms. The van der Waals surface area contributed by atoms with Crippen LogP contribution in [0.3, 0.4) is 0 Å². The number of aromatic carboxylic acids is 1. The molecule has 7 nitrogen and oxygen atoms in total. The highest BCUT2D eigenvalue weighted by Crippen LogP contribution is 2.56. The van der Waals surface area contributed by atoms with Gasteiger partial charge >= 0.3 is 5.97 Å². The third-order valence-corrected chi connectivity index (χ3v) is 6.40. The Morgan fingerprint density at radius 3 is 2.70 bits per heavy atom. The molecule has 2 aromatic rings. The second-order valence-electron chi connectivity index (χ2n) is 8.16. The first-order valence-corrected chi connectivity index (χ1v) is 9.37. The van der Waals surface area contributed by atoms with Crippen molar-refractivity contribution in [1.29, 1.82) is 0 Å². The maximum absolute atomic E-state index is 14.9. The van der Waals surface area contributed by atoms with E-state index in [9.17, 15) is 19.1 Å². The maximum atomic E-state index is 14.9. The Balaban J connectivity index is 1.66. The number of carboxylic acid groups (broad SMARTS) is 1.